The number of aryl methyl sites for hydroxylation is 1. The molecule has 0 amide bonds. The molecule has 0 aromatic carbocycles. The molecule has 1 saturated carbocycles. The Morgan fingerprint density at radius 1 is 1.67 bits per heavy atom. The molecule has 1 aliphatic carbocycles. The highest BCUT2D eigenvalue weighted by Gasteiger charge is 2.42. The van der Waals surface area contributed by atoms with Gasteiger partial charge in [-0.1, -0.05) is 0 Å². The lowest BCUT2D eigenvalue weighted by Gasteiger charge is -2.12. The number of rotatable bonds is 3. The Balaban J connectivity index is 2.19. The molecule has 78 valence electrons. The highest BCUT2D eigenvalue weighted by molar-refractivity contribution is 5.02. The normalized spacial score (nSPS) is 17.1. The molecule has 0 unspecified atom stereocenters. The van der Waals surface area contributed by atoms with E-state index in [0.717, 1.165) is 18.5 Å². The zero-order chi connectivity index (χ0) is 10.9. The van der Waals surface area contributed by atoms with Crippen molar-refractivity contribution in [1.82, 2.24) is 9.55 Å². The van der Waals surface area contributed by atoms with Crippen molar-refractivity contribution >= 4 is 0 Å². The van der Waals surface area contributed by atoms with Crippen LogP contribution in [0.4, 0.5) is 0 Å². The zero-order valence-corrected chi connectivity index (χ0v) is 8.73. The Morgan fingerprint density at radius 3 is 2.93 bits per heavy atom. The Hall–Kier alpha value is -1.63. The Labute approximate surface area is 88.2 Å². The van der Waals surface area contributed by atoms with Crippen molar-refractivity contribution in [3.05, 3.63) is 28.4 Å². The Kier molecular flexibility index (Phi) is 2.31. The van der Waals surface area contributed by atoms with E-state index in [9.17, 15) is 4.79 Å². The average Bonchev–Trinajstić information content (AvgIpc) is 2.91. The molecule has 0 bridgehead atoms. The molecule has 0 spiro atoms. The third-order valence-corrected chi connectivity index (χ3v) is 2.93. The van der Waals surface area contributed by atoms with E-state index in [1.54, 1.807) is 17.8 Å². The van der Waals surface area contributed by atoms with Crippen LogP contribution in [-0.2, 0) is 6.54 Å². The molecule has 1 fully saturated rings. The van der Waals surface area contributed by atoms with Crippen molar-refractivity contribution in [3.63, 3.8) is 0 Å². The second-order valence-corrected chi connectivity index (χ2v) is 4.33. The van der Waals surface area contributed by atoms with E-state index in [2.05, 4.69) is 11.1 Å². The molecule has 0 radical (unpaired) electrons. The van der Waals surface area contributed by atoms with Gasteiger partial charge in [0.15, 0.2) is 0 Å². The van der Waals surface area contributed by atoms with Gasteiger partial charge in [0.05, 0.1) is 12.4 Å². The predicted molar refractivity (Wildman–Crippen MR) is 55.1 cm³/mol. The minimum Gasteiger partial charge on any atom is -0.299 e. The van der Waals surface area contributed by atoms with Crippen LogP contribution in [0.15, 0.2) is 17.2 Å². The quantitative estimate of drug-likeness (QED) is 0.742. The summed E-state index contributed by atoms with van der Waals surface area (Å²) in [5.74, 6) is 0. The van der Waals surface area contributed by atoms with Gasteiger partial charge >= 0.3 is 0 Å². The van der Waals surface area contributed by atoms with Gasteiger partial charge in [-0.05, 0) is 19.8 Å². The number of nitrogens with zero attached hydrogens (tertiary/aromatic N) is 3. The topological polar surface area (TPSA) is 58.7 Å². The van der Waals surface area contributed by atoms with E-state index in [-0.39, 0.29) is 11.0 Å². The van der Waals surface area contributed by atoms with Gasteiger partial charge in [0.2, 0.25) is 0 Å². The lowest BCUT2D eigenvalue weighted by atomic mass is 10.0. The van der Waals surface area contributed by atoms with E-state index in [0.29, 0.717) is 13.0 Å². The monoisotopic (exact) mass is 203 g/mol. The first-order valence-corrected chi connectivity index (χ1v) is 5.05. The zero-order valence-electron chi connectivity index (χ0n) is 8.73. The van der Waals surface area contributed by atoms with Gasteiger partial charge in [0, 0.05) is 30.1 Å². The Morgan fingerprint density at radius 2 is 2.40 bits per heavy atom. The summed E-state index contributed by atoms with van der Waals surface area (Å²) >= 11 is 0. The molecule has 0 atom stereocenters. The second kappa shape index (κ2) is 3.50. The van der Waals surface area contributed by atoms with Crippen LogP contribution >= 0.6 is 0 Å². The summed E-state index contributed by atoms with van der Waals surface area (Å²) in [7, 11) is 0. The van der Waals surface area contributed by atoms with Crippen molar-refractivity contribution in [2.75, 3.05) is 0 Å². The molecular weight excluding hydrogens is 190 g/mol. The van der Waals surface area contributed by atoms with Crippen molar-refractivity contribution in [3.8, 4) is 6.07 Å². The number of nitriles is 1. The molecule has 1 aromatic heterocycles. The lowest BCUT2D eigenvalue weighted by Crippen LogP contribution is -2.24. The van der Waals surface area contributed by atoms with Gasteiger partial charge in [0.1, 0.15) is 0 Å². The maximum absolute atomic E-state index is 11.6. The molecule has 1 aliphatic rings. The minimum atomic E-state index is -0.0216. The fourth-order valence-electron chi connectivity index (χ4n) is 1.73. The van der Waals surface area contributed by atoms with Crippen LogP contribution in [0.25, 0.3) is 0 Å². The fourth-order valence-corrected chi connectivity index (χ4v) is 1.73. The second-order valence-electron chi connectivity index (χ2n) is 4.33. The summed E-state index contributed by atoms with van der Waals surface area (Å²) in [4.78, 5) is 15.7. The molecule has 2 rings (SSSR count). The van der Waals surface area contributed by atoms with E-state index in [4.69, 9.17) is 5.26 Å². The van der Waals surface area contributed by atoms with E-state index < -0.39 is 0 Å². The molecule has 0 saturated heterocycles. The van der Waals surface area contributed by atoms with Gasteiger partial charge in [0.25, 0.3) is 5.56 Å². The molecule has 4 heteroatoms. The van der Waals surface area contributed by atoms with E-state index >= 15 is 0 Å². The highest BCUT2D eigenvalue weighted by Crippen LogP contribution is 2.49. The fraction of sp³-hybridized carbons (Fsp3) is 0.545. The molecule has 1 aromatic rings. The summed E-state index contributed by atoms with van der Waals surface area (Å²) < 4.78 is 1.61. The van der Waals surface area contributed by atoms with Crippen LogP contribution in [0.2, 0.25) is 0 Å². The van der Waals surface area contributed by atoms with Crippen molar-refractivity contribution in [1.29, 1.82) is 5.26 Å². The number of hydrogen-bond donors (Lipinski definition) is 0. The summed E-state index contributed by atoms with van der Waals surface area (Å²) in [6, 6.07) is 3.72. The molecule has 15 heavy (non-hydrogen) atoms. The van der Waals surface area contributed by atoms with Crippen molar-refractivity contribution in [2.45, 2.75) is 32.7 Å². The molecule has 1 heterocycles. The minimum absolute atomic E-state index is 0.0216. The molecule has 0 N–H and O–H groups in total. The van der Waals surface area contributed by atoms with Crippen LogP contribution in [0.3, 0.4) is 0 Å². The SMILES string of the molecule is Cc1cc(=O)n(CC2(CC#N)CC2)cn1. The highest BCUT2D eigenvalue weighted by atomic mass is 16.1. The first kappa shape index (κ1) is 9.91. The van der Waals surface area contributed by atoms with Crippen molar-refractivity contribution < 1.29 is 0 Å². The standard InChI is InChI=1S/C11H13N3O/c1-9-6-10(15)14(8-13-9)7-11(2-3-11)4-5-12/h6,8H,2-4,7H2,1H3. The van der Waals surface area contributed by atoms with Crippen LogP contribution in [-0.4, -0.2) is 9.55 Å². The molecule has 0 aliphatic heterocycles. The Bertz CT molecular complexity index is 465. The third kappa shape index (κ3) is 2.07. The van der Waals surface area contributed by atoms with Gasteiger partial charge < -0.3 is 0 Å². The van der Waals surface area contributed by atoms with Crippen LogP contribution in [0.5, 0.6) is 0 Å². The van der Waals surface area contributed by atoms with E-state index in [1.165, 1.54) is 6.07 Å². The summed E-state index contributed by atoms with van der Waals surface area (Å²) in [5.41, 5.74) is 0.767. The predicted octanol–water partition coefficient (Wildman–Crippen LogP) is 1.25. The van der Waals surface area contributed by atoms with Crippen molar-refractivity contribution in [2.24, 2.45) is 5.41 Å². The van der Waals surface area contributed by atoms with Gasteiger partial charge in [-0.25, -0.2) is 4.98 Å². The summed E-state index contributed by atoms with van der Waals surface area (Å²) in [6.45, 7) is 2.43. The summed E-state index contributed by atoms with van der Waals surface area (Å²) in [6.07, 6.45) is 4.20. The first-order chi connectivity index (χ1) is 7.15. The maximum Gasteiger partial charge on any atom is 0.253 e. The smallest absolute Gasteiger partial charge is 0.253 e. The van der Waals surface area contributed by atoms with Crippen LogP contribution < -0.4 is 5.56 Å². The summed E-state index contributed by atoms with van der Waals surface area (Å²) in [5, 5.41) is 8.68. The third-order valence-electron chi connectivity index (χ3n) is 2.93. The lowest BCUT2D eigenvalue weighted by molar-refractivity contribution is 0.419. The molecular formula is C11H13N3O. The number of aromatic nitrogens is 2. The first-order valence-electron chi connectivity index (χ1n) is 5.05. The van der Waals surface area contributed by atoms with Gasteiger partial charge in [-0.3, -0.25) is 9.36 Å². The number of hydrogen-bond acceptors (Lipinski definition) is 3. The largest absolute Gasteiger partial charge is 0.299 e. The van der Waals surface area contributed by atoms with Crippen LogP contribution in [0.1, 0.15) is 25.0 Å². The molecule has 4 nitrogen and oxygen atoms in total. The maximum atomic E-state index is 11.6. The average molecular weight is 203 g/mol. The van der Waals surface area contributed by atoms with E-state index in [1.807, 2.05) is 0 Å². The van der Waals surface area contributed by atoms with Crippen LogP contribution in [0, 0.1) is 23.7 Å². The van der Waals surface area contributed by atoms with Gasteiger partial charge in [-0.15, -0.1) is 0 Å². The van der Waals surface area contributed by atoms with Gasteiger partial charge in [-0.2, -0.15) is 5.26 Å².